The molecule has 1 aromatic rings. The first kappa shape index (κ1) is 22.6. The predicted molar refractivity (Wildman–Crippen MR) is 115 cm³/mol. The van der Waals surface area contributed by atoms with Crippen molar-refractivity contribution in [2.24, 2.45) is 0 Å². The van der Waals surface area contributed by atoms with Crippen molar-refractivity contribution in [1.82, 2.24) is 0 Å². The van der Waals surface area contributed by atoms with Gasteiger partial charge >= 0.3 is 0 Å². The second-order valence-corrected chi connectivity index (χ2v) is 8.27. The highest BCUT2D eigenvalue weighted by Crippen LogP contribution is 2.17. The van der Waals surface area contributed by atoms with Crippen molar-refractivity contribution in [1.29, 1.82) is 0 Å². The summed E-state index contributed by atoms with van der Waals surface area (Å²) in [6.45, 7) is 2.29. The number of rotatable bonds is 17. The zero-order chi connectivity index (χ0) is 18.0. The number of benzene rings is 1. The molecule has 0 N–H and O–H groups in total. The standard InChI is InChI=1S/C24H41Cl/c1-2-3-4-5-6-7-8-9-10-11-12-13-17-20-24(25)22-21-23-18-15-14-16-19-23/h14-16,18-19,24H,2-13,17,20-22H2,1H3. The van der Waals surface area contributed by atoms with Gasteiger partial charge in [0.1, 0.15) is 0 Å². The second kappa shape index (κ2) is 17.0. The van der Waals surface area contributed by atoms with Gasteiger partial charge in [0.05, 0.1) is 0 Å². The van der Waals surface area contributed by atoms with Crippen molar-refractivity contribution in [3.05, 3.63) is 35.9 Å². The zero-order valence-corrected chi connectivity index (χ0v) is 17.4. The van der Waals surface area contributed by atoms with Gasteiger partial charge in [-0.15, -0.1) is 11.6 Å². The van der Waals surface area contributed by atoms with Gasteiger partial charge in [-0.3, -0.25) is 0 Å². The van der Waals surface area contributed by atoms with E-state index in [0.29, 0.717) is 5.38 Å². The molecule has 0 saturated heterocycles. The number of halogens is 1. The number of alkyl halides is 1. The van der Waals surface area contributed by atoms with E-state index in [1.165, 1.54) is 95.5 Å². The second-order valence-electron chi connectivity index (χ2n) is 7.65. The van der Waals surface area contributed by atoms with Gasteiger partial charge in [0, 0.05) is 5.38 Å². The van der Waals surface area contributed by atoms with Crippen LogP contribution in [-0.4, -0.2) is 5.38 Å². The molecule has 0 saturated carbocycles. The van der Waals surface area contributed by atoms with Crippen LogP contribution in [0.5, 0.6) is 0 Å². The highest BCUT2D eigenvalue weighted by molar-refractivity contribution is 6.20. The minimum absolute atomic E-state index is 0.355. The Kier molecular flexibility index (Phi) is 15.3. The highest BCUT2D eigenvalue weighted by atomic mass is 35.5. The molecular weight excluding hydrogens is 324 g/mol. The molecule has 0 aliphatic rings. The lowest BCUT2D eigenvalue weighted by Gasteiger charge is -2.09. The third kappa shape index (κ3) is 14.4. The lowest BCUT2D eigenvalue weighted by atomic mass is 10.0. The first-order chi connectivity index (χ1) is 12.3. The molecule has 0 aromatic heterocycles. The Morgan fingerprint density at radius 1 is 0.640 bits per heavy atom. The van der Waals surface area contributed by atoms with E-state index in [2.05, 4.69) is 37.3 Å². The van der Waals surface area contributed by atoms with Gasteiger partial charge in [0.2, 0.25) is 0 Å². The summed E-state index contributed by atoms with van der Waals surface area (Å²) in [6.07, 6.45) is 21.9. The van der Waals surface area contributed by atoms with Crippen LogP contribution in [0, 0.1) is 0 Å². The molecule has 0 aliphatic heterocycles. The summed E-state index contributed by atoms with van der Waals surface area (Å²) in [5, 5.41) is 0.355. The van der Waals surface area contributed by atoms with E-state index in [9.17, 15) is 0 Å². The maximum absolute atomic E-state index is 6.47. The Balaban J connectivity index is 1.79. The zero-order valence-electron chi connectivity index (χ0n) is 16.7. The van der Waals surface area contributed by atoms with E-state index < -0.39 is 0 Å². The summed E-state index contributed by atoms with van der Waals surface area (Å²) in [7, 11) is 0. The molecule has 1 heteroatoms. The molecule has 1 rings (SSSR count). The summed E-state index contributed by atoms with van der Waals surface area (Å²) >= 11 is 6.47. The molecule has 0 spiro atoms. The van der Waals surface area contributed by atoms with Gasteiger partial charge in [0.15, 0.2) is 0 Å². The van der Waals surface area contributed by atoms with Crippen LogP contribution in [0.4, 0.5) is 0 Å². The summed E-state index contributed by atoms with van der Waals surface area (Å²) in [5.74, 6) is 0. The molecule has 144 valence electrons. The van der Waals surface area contributed by atoms with E-state index in [4.69, 9.17) is 11.6 Å². The van der Waals surface area contributed by atoms with Gasteiger partial charge in [-0.25, -0.2) is 0 Å². The third-order valence-electron chi connectivity index (χ3n) is 5.21. The summed E-state index contributed by atoms with van der Waals surface area (Å²) < 4.78 is 0. The molecule has 0 radical (unpaired) electrons. The van der Waals surface area contributed by atoms with Crippen molar-refractivity contribution in [2.75, 3.05) is 0 Å². The van der Waals surface area contributed by atoms with Gasteiger partial charge in [-0.2, -0.15) is 0 Å². The first-order valence-corrected chi connectivity index (χ1v) is 11.4. The molecule has 0 amide bonds. The molecule has 0 nitrogen and oxygen atoms in total. The topological polar surface area (TPSA) is 0 Å². The SMILES string of the molecule is CCCCCCCCCCCCCCCC(Cl)CCc1ccccc1. The molecular formula is C24H41Cl. The van der Waals surface area contributed by atoms with Crippen LogP contribution in [0.15, 0.2) is 30.3 Å². The molecule has 0 heterocycles. The summed E-state index contributed by atoms with van der Waals surface area (Å²) in [4.78, 5) is 0. The molecule has 0 bridgehead atoms. The largest absolute Gasteiger partial charge is 0.123 e. The Morgan fingerprint density at radius 2 is 1.12 bits per heavy atom. The van der Waals surface area contributed by atoms with Gasteiger partial charge in [-0.1, -0.05) is 121 Å². The fourth-order valence-electron chi connectivity index (χ4n) is 3.50. The molecule has 1 aromatic carbocycles. The van der Waals surface area contributed by atoms with E-state index in [0.717, 1.165) is 12.8 Å². The summed E-state index contributed by atoms with van der Waals surface area (Å²) in [5.41, 5.74) is 1.42. The minimum atomic E-state index is 0.355. The molecule has 25 heavy (non-hydrogen) atoms. The molecule has 0 aliphatic carbocycles. The Bertz CT molecular complexity index is 373. The van der Waals surface area contributed by atoms with E-state index in [-0.39, 0.29) is 0 Å². The van der Waals surface area contributed by atoms with Crippen LogP contribution in [0.2, 0.25) is 0 Å². The Hall–Kier alpha value is -0.490. The highest BCUT2D eigenvalue weighted by Gasteiger charge is 2.04. The maximum Gasteiger partial charge on any atom is 0.0339 e. The Labute approximate surface area is 162 Å². The number of unbranched alkanes of at least 4 members (excludes halogenated alkanes) is 12. The van der Waals surface area contributed by atoms with Crippen molar-refractivity contribution < 1.29 is 0 Å². The lowest BCUT2D eigenvalue weighted by molar-refractivity contribution is 0.530. The van der Waals surface area contributed by atoms with E-state index in [1.54, 1.807) is 0 Å². The smallest absolute Gasteiger partial charge is 0.0339 e. The van der Waals surface area contributed by atoms with Gasteiger partial charge in [0.25, 0.3) is 0 Å². The van der Waals surface area contributed by atoms with Crippen molar-refractivity contribution >= 4 is 11.6 Å². The molecule has 0 fully saturated rings. The quantitative estimate of drug-likeness (QED) is 0.191. The monoisotopic (exact) mass is 364 g/mol. The molecule has 1 unspecified atom stereocenters. The van der Waals surface area contributed by atoms with Crippen LogP contribution < -0.4 is 0 Å². The number of aryl methyl sites for hydroxylation is 1. The van der Waals surface area contributed by atoms with Crippen LogP contribution >= 0.6 is 11.6 Å². The predicted octanol–water partition coefficient (Wildman–Crippen LogP) is 8.71. The van der Waals surface area contributed by atoms with Crippen LogP contribution in [0.1, 0.15) is 109 Å². The maximum atomic E-state index is 6.47. The van der Waals surface area contributed by atoms with Crippen LogP contribution in [0.25, 0.3) is 0 Å². The first-order valence-electron chi connectivity index (χ1n) is 11.0. The fourth-order valence-corrected chi connectivity index (χ4v) is 3.76. The fraction of sp³-hybridized carbons (Fsp3) is 0.750. The van der Waals surface area contributed by atoms with Crippen molar-refractivity contribution in [2.45, 2.75) is 115 Å². The van der Waals surface area contributed by atoms with Crippen molar-refractivity contribution in [3.8, 4) is 0 Å². The Morgan fingerprint density at radius 3 is 1.64 bits per heavy atom. The average molecular weight is 365 g/mol. The van der Waals surface area contributed by atoms with Crippen LogP contribution in [-0.2, 0) is 6.42 Å². The third-order valence-corrected chi connectivity index (χ3v) is 5.65. The van der Waals surface area contributed by atoms with Gasteiger partial charge in [-0.05, 0) is 24.8 Å². The van der Waals surface area contributed by atoms with Crippen molar-refractivity contribution in [3.63, 3.8) is 0 Å². The molecule has 1 atom stereocenters. The minimum Gasteiger partial charge on any atom is -0.123 e. The summed E-state index contributed by atoms with van der Waals surface area (Å²) in [6, 6.07) is 10.7. The average Bonchev–Trinajstić information content (AvgIpc) is 2.64. The van der Waals surface area contributed by atoms with Gasteiger partial charge < -0.3 is 0 Å². The normalized spacial score (nSPS) is 12.4. The van der Waals surface area contributed by atoms with E-state index in [1.807, 2.05) is 0 Å². The van der Waals surface area contributed by atoms with Crippen LogP contribution in [0.3, 0.4) is 0 Å². The lowest BCUT2D eigenvalue weighted by Crippen LogP contribution is -2.00. The van der Waals surface area contributed by atoms with E-state index >= 15 is 0 Å². The number of hydrogen-bond donors (Lipinski definition) is 0. The number of hydrogen-bond acceptors (Lipinski definition) is 0.